The van der Waals surface area contributed by atoms with E-state index in [9.17, 15) is 14.7 Å². The lowest BCUT2D eigenvalue weighted by Gasteiger charge is -2.22. The van der Waals surface area contributed by atoms with Crippen LogP contribution in [0.15, 0.2) is 30.3 Å². The summed E-state index contributed by atoms with van der Waals surface area (Å²) in [5.41, 5.74) is 0.535. The molecule has 0 spiro atoms. The number of carbonyl (C=O) groups is 2. The van der Waals surface area contributed by atoms with Gasteiger partial charge in [-0.25, -0.2) is 4.79 Å². The summed E-state index contributed by atoms with van der Waals surface area (Å²) in [4.78, 5) is 23.7. The molecule has 0 aliphatic rings. The van der Waals surface area contributed by atoms with Crippen molar-refractivity contribution in [2.45, 2.75) is 31.9 Å². The highest BCUT2D eigenvalue weighted by Gasteiger charge is 2.30. The molecule has 21 heavy (non-hydrogen) atoms. The number of halogens is 1. The van der Waals surface area contributed by atoms with Crippen molar-refractivity contribution in [2.24, 2.45) is 0 Å². The number of aliphatic hydroxyl groups is 1. The van der Waals surface area contributed by atoms with Gasteiger partial charge in [-0.15, -0.1) is 11.6 Å². The molecule has 1 aromatic rings. The second kappa shape index (κ2) is 9.37. The largest absolute Gasteiger partial charge is 0.464 e. The molecule has 0 saturated carbocycles. The van der Waals surface area contributed by atoms with Crippen LogP contribution in [0.2, 0.25) is 0 Å². The van der Waals surface area contributed by atoms with Gasteiger partial charge in [0.15, 0.2) is 6.04 Å². The Morgan fingerprint density at radius 3 is 2.57 bits per heavy atom. The minimum Gasteiger partial charge on any atom is -0.464 e. The van der Waals surface area contributed by atoms with E-state index >= 15 is 0 Å². The number of hydrogen-bond donors (Lipinski definition) is 2. The molecular weight excluding hydrogens is 294 g/mol. The van der Waals surface area contributed by atoms with Crippen LogP contribution in [0, 0.1) is 0 Å². The number of ether oxygens (including phenoxy) is 1. The summed E-state index contributed by atoms with van der Waals surface area (Å²) in [7, 11) is 0. The normalized spacial score (nSPS) is 13.3. The predicted molar refractivity (Wildman–Crippen MR) is 79.9 cm³/mol. The minimum absolute atomic E-state index is 0.175. The number of alkyl halides is 1. The van der Waals surface area contributed by atoms with Gasteiger partial charge in [-0.2, -0.15) is 0 Å². The monoisotopic (exact) mass is 313 g/mol. The van der Waals surface area contributed by atoms with Crippen molar-refractivity contribution in [3.8, 4) is 0 Å². The van der Waals surface area contributed by atoms with E-state index in [-0.39, 0.29) is 18.9 Å². The van der Waals surface area contributed by atoms with Crippen LogP contribution < -0.4 is 5.32 Å². The topological polar surface area (TPSA) is 75.6 Å². The summed E-state index contributed by atoms with van der Waals surface area (Å²) in [5.74, 6) is -0.643. The Morgan fingerprint density at radius 1 is 1.33 bits per heavy atom. The first-order chi connectivity index (χ1) is 10.1. The fourth-order valence-corrected chi connectivity index (χ4v) is 1.95. The Labute approximate surface area is 129 Å². The molecule has 0 bridgehead atoms. The third-order valence-corrected chi connectivity index (χ3v) is 3.12. The summed E-state index contributed by atoms with van der Waals surface area (Å²) in [5, 5.41) is 12.8. The maximum absolute atomic E-state index is 11.9. The Morgan fingerprint density at radius 2 is 2.00 bits per heavy atom. The lowest BCUT2D eigenvalue weighted by atomic mass is 10.0. The number of hydrogen-bond acceptors (Lipinski definition) is 4. The summed E-state index contributed by atoms with van der Waals surface area (Å²) in [6.45, 7) is 1.84. The van der Waals surface area contributed by atoms with E-state index in [1.54, 1.807) is 37.3 Å². The number of aliphatic hydroxyl groups excluding tert-OH is 1. The molecule has 1 aromatic carbocycles. The smallest absolute Gasteiger partial charge is 0.331 e. The molecule has 0 aromatic heterocycles. The molecule has 6 heteroatoms. The first-order valence-electron chi connectivity index (χ1n) is 6.85. The number of amides is 1. The second-order valence-electron chi connectivity index (χ2n) is 4.45. The third kappa shape index (κ3) is 5.73. The zero-order chi connectivity index (χ0) is 15.7. The van der Waals surface area contributed by atoms with Crippen molar-refractivity contribution in [3.63, 3.8) is 0 Å². The van der Waals surface area contributed by atoms with Gasteiger partial charge in [0.25, 0.3) is 0 Å². The molecule has 0 saturated heterocycles. The minimum atomic E-state index is -1.16. The molecule has 0 fully saturated rings. The maximum atomic E-state index is 11.9. The van der Waals surface area contributed by atoms with Gasteiger partial charge in [0, 0.05) is 12.3 Å². The zero-order valence-electron chi connectivity index (χ0n) is 11.9. The Kier molecular flexibility index (Phi) is 7.79. The molecule has 2 atom stereocenters. The molecule has 1 rings (SSSR count). The van der Waals surface area contributed by atoms with Crippen molar-refractivity contribution in [2.75, 3.05) is 12.5 Å². The van der Waals surface area contributed by atoms with E-state index in [2.05, 4.69) is 5.32 Å². The Bertz CT molecular complexity index is 452. The van der Waals surface area contributed by atoms with Crippen LogP contribution in [0.5, 0.6) is 0 Å². The summed E-state index contributed by atoms with van der Waals surface area (Å²) < 4.78 is 4.91. The average Bonchev–Trinajstić information content (AvgIpc) is 2.51. The van der Waals surface area contributed by atoms with Gasteiger partial charge >= 0.3 is 5.97 Å². The van der Waals surface area contributed by atoms with Crippen molar-refractivity contribution >= 4 is 23.5 Å². The van der Waals surface area contributed by atoms with Gasteiger partial charge in [0.1, 0.15) is 6.10 Å². The van der Waals surface area contributed by atoms with Crippen LogP contribution in [0.4, 0.5) is 0 Å². The van der Waals surface area contributed by atoms with Crippen LogP contribution in [0.25, 0.3) is 0 Å². The van der Waals surface area contributed by atoms with Crippen molar-refractivity contribution in [3.05, 3.63) is 35.9 Å². The highest BCUT2D eigenvalue weighted by atomic mass is 35.5. The number of nitrogens with one attached hydrogen (secondary N) is 1. The number of carbonyl (C=O) groups excluding carboxylic acids is 2. The van der Waals surface area contributed by atoms with Gasteiger partial charge in [-0.05, 0) is 18.9 Å². The molecule has 5 nitrogen and oxygen atoms in total. The Balaban J connectivity index is 2.81. The van der Waals surface area contributed by atoms with Crippen LogP contribution in [0.1, 0.15) is 31.4 Å². The Hall–Kier alpha value is -1.59. The van der Waals surface area contributed by atoms with Gasteiger partial charge < -0.3 is 15.2 Å². The molecule has 1 amide bonds. The van der Waals surface area contributed by atoms with Crippen LogP contribution in [-0.2, 0) is 14.3 Å². The lowest BCUT2D eigenvalue weighted by molar-refractivity contribution is -0.151. The molecular formula is C15H20ClNO4. The number of rotatable bonds is 8. The first kappa shape index (κ1) is 17.5. The van der Waals surface area contributed by atoms with E-state index in [0.29, 0.717) is 17.9 Å². The highest BCUT2D eigenvalue weighted by Crippen LogP contribution is 2.18. The quantitative estimate of drug-likeness (QED) is 0.567. The fourth-order valence-electron chi connectivity index (χ4n) is 1.81. The lowest BCUT2D eigenvalue weighted by Crippen LogP contribution is -2.46. The SMILES string of the molecule is CCOC(=O)C(NC(=O)CCCCl)C(O)c1ccccc1. The van der Waals surface area contributed by atoms with Gasteiger partial charge in [0.05, 0.1) is 6.61 Å². The fraction of sp³-hybridized carbons (Fsp3) is 0.467. The van der Waals surface area contributed by atoms with Crippen molar-refractivity contribution in [1.29, 1.82) is 0 Å². The molecule has 0 heterocycles. The molecule has 0 radical (unpaired) electrons. The van der Waals surface area contributed by atoms with Crippen molar-refractivity contribution in [1.82, 2.24) is 5.32 Å². The zero-order valence-corrected chi connectivity index (χ0v) is 12.7. The standard InChI is InChI=1S/C15H20ClNO4/c1-2-21-15(20)13(17-12(18)9-6-10-16)14(19)11-7-4-3-5-8-11/h3-5,7-8,13-14,19H,2,6,9-10H2,1H3,(H,17,18). The van der Waals surface area contributed by atoms with Crippen LogP contribution >= 0.6 is 11.6 Å². The van der Waals surface area contributed by atoms with Gasteiger partial charge in [-0.1, -0.05) is 30.3 Å². The summed E-state index contributed by atoms with van der Waals surface area (Å²) in [6.07, 6.45) is -0.462. The third-order valence-electron chi connectivity index (χ3n) is 2.85. The molecule has 116 valence electrons. The number of esters is 1. The van der Waals surface area contributed by atoms with E-state index in [4.69, 9.17) is 16.3 Å². The van der Waals surface area contributed by atoms with E-state index in [0.717, 1.165) is 0 Å². The summed E-state index contributed by atoms with van der Waals surface area (Å²) in [6, 6.07) is 7.53. The maximum Gasteiger partial charge on any atom is 0.331 e. The first-order valence-corrected chi connectivity index (χ1v) is 7.38. The van der Waals surface area contributed by atoms with Gasteiger partial charge in [0.2, 0.25) is 5.91 Å². The van der Waals surface area contributed by atoms with E-state index in [1.165, 1.54) is 0 Å². The van der Waals surface area contributed by atoms with Crippen LogP contribution in [-0.4, -0.2) is 35.5 Å². The van der Waals surface area contributed by atoms with E-state index in [1.807, 2.05) is 0 Å². The highest BCUT2D eigenvalue weighted by molar-refractivity contribution is 6.17. The predicted octanol–water partition coefficient (Wildman–Crippen LogP) is 1.79. The van der Waals surface area contributed by atoms with Gasteiger partial charge in [-0.3, -0.25) is 4.79 Å². The molecule has 2 unspecified atom stereocenters. The number of benzene rings is 1. The van der Waals surface area contributed by atoms with Crippen molar-refractivity contribution < 1.29 is 19.4 Å². The molecule has 0 aliphatic heterocycles. The summed E-state index contributed by atoms with van der Waals surface area (Å²) >= 11 is 5.53. The average molecular weight is 314 g/mol. The van der Waals surface area contributed by atoms with E-state index < -0.39 is 18.1 Å². The second-order valence-corrected chi connectivity index (χ2v) is 4.82. The van der Waals surface area contributed by atoms with Crippen LogP contribution in [0.3, 0.4) is 0 Å². The molecule has 2 N–H and O–H groups in total. The molecule has 0 aliphatic carbocycles.